The first-order chi connectivity index (χ1) is 9.93. The van der Waals surface area contributed by atoms with Gasteiger partial charge in [0.1, 0.15) is 0 Å². The molecular weight excluding hydrogens is 466 g/mol. The molecule has 7 heteroatoms. The summed E-state index contributed by atoms with van der Waals surface area (Å²) in [6.45, 7) is 5.66. The third kappa shape index (κ3) is 6.76. The first-order valence-electron chi connectivity index (χ1n) is 6.25. The van der Waals surface area contributed by atoms with E-state index in [9.17, 15) is 4.79 Å². The predicted molar refractivity (Wildman–Crippen MR) is 98.7 cm³/mol. The smallest absolute Gasteiger partial charge is 0.259 e. The van der Waals surface area contributed by atoms with E-state index >= 15 is 0 Å². The van der Waals surface area contributed by atoms with Crippen LogP contribution in [0.1, 0.15) is 19.8 Å². The average molecular weight is 482 g/mol. The van der Waals surface area contributed by atoms with E-state index in [1.54, 1.807) is 0 Å². The maximum Gasteiger partial charge on any atom is 0.259 e. The minimum atomic E-state index is -0.199. The van der Waals surface area contributed by atoms with Crippen molar-refractivity contribution in [3.8, 4) is 0 Å². The summed E-state index contributed by atoms with van der Waals surface area (Å²) in [4.78, 5) is 11.7. The summed E-state index contributed by atoms with van der Waals surface area (Å²) in [5, 5.41) is 7.09. The molecule has 114 valence electrons. The van der Waals surface area contributed by atoms with Gasteiger partial charge in [-0.3, -0.25) is 4.79 Å². The van der Waals surface area contributed by atoms with Crippen molar-refractivity contribution >= 4 is 65.1 Å². The van der Waals surface area contributed by atoms with Gasteiger partial charge in [0.15, 0.2) is 0 Å². The van der Waals surface area contributed by atoms with Gasteiger partial charge < -0.3 is 5.32 Å². The number of allylic oxidation sites excluding steroid dienone is 1. The Morgan fingerprint density at radius 2 is 1.95 bits per heavy atom. The zero-order chi connectivity index (χ0) is 15.8. The molecule has 0 heterocycles. The number of hydrazone groups is 1. The quantitative estimate of drug-likeness (QED) is 0.332. The molecule has 0 unspecified atom stereocenters. The Bertz CT molecular complexity index is 535. The molecule has 1 amide bonds. The molecule has 0 bridgehead atoms. The van der Waals surface area contributed by atoms with Gasteiger partial charge >= 0.3 is 0 Å². The molecule has 0 atom stereocenters. The normalized spacial score (nSPS) is 11.1. The van der Waals surface area contributed by atoms with Crippen molar-refractivity contribution in [3.63, 3.8) is 0 Å². The van der Waals surface area contributed by atoms with Crippen molar-refractivity contribution in [2.45, 2.75) is 19.8 Å². The second kappa shape index (κ2) is 9.38. The largest absolute Gasteiger partial charge is 0.374 e. The van der Waals surface area contributed by atoms with E-state index in [1.807, 2.05) is 25.1 Å². The molecule has 4 nitrogen and oxygen atoms in total. The molecule has 0 aliphatic carbocycles. The highest BCUT2D eigenvalue weighted by atomic mass is 79.9. The first-order valence-corrected chi connectivity index (χ1v) is 8.63. The third-order valence-electron chi connectivity index (χ3n) is 2.51. The van der Waals surface area contributed by atoms with Crippen LogP contribution in [-0.4, -0.2) is 18.2 Å². The Balaban J connectivity index is 2.52. The van der Waals surface area contributed by atoms with E-state index in [4.69, 9.17) is 0 Å². The Morgan fingerprint density at radius 3 is 2.52 bits per heavy atom. The van der Waals surface area contributed by atoms with Crippen molar-refractivity contribution in [1.29, 1.82) is 0 Å². The number of rotatable bonds is 7. The topological polar surface area (TPSA) is 53.5 Å². The van der Waals surface area contributed by atoms with Crippen LogP contribution < -0.4 is 10.7 Å². The highest BCUT2D eigenvalue weighted by molar-refractivity contribution is 9.11. The molecule has 0 aliphatic rings. The SMILES string of the molecule is C=CCCC(C)=NNC(=O)CNc1c(Br)cc(Br)cc1Br. The lowest BCUT2D eigenvalue weighted by Gasteiger charge is -2.10. The zero-order valence-electron chi connectivity index (χ0n) is 11.5. The number of hydrogen-bond donors (Lipinski definition) is 2. The summed E-state index contributed by atoms with van der Waals surface area (Å²) >= 11 is 10.3. The lowest BCUT2D eigenvalue weighted by Crippen LogP contribution is -2.26. The molecule has 0 fully saturated rings. The lowest BCUT2D eigenvalue weighted by molar-refractivity contribution is -0.119. The molecule has 0 saturated heterocycles. The molecule has 21 heavy (non-hydrogen) atoms. The Kier molecular flexibility index (Phi) is 8.21. The number of halogens is 3. The van der Waals surface area contributed by atoms with Crippen LogP contribution in [0, 0.1) is 0 Å². The number of carbonyl (C=O) groups is 1. The monoisotopic (exact) mass is 479 g/mol. The van der Waals surface area contributed by atoms with Crippen LogP contribution in [0.3, 0.4) is 0 Å². The van der Waals surface area contributed by atoms with Crippen LogP contribution in [0.15, 0.2) is 43.3 Å². The van der Waals surface area contributed by atoms with Gasteiger partial charge in [0.05, 0.1) is 12.2 Å². The van der Waals surface area contributed by atoms with Gasteiger partial charge in [0.25, 0.3) is 5.91 Å². The number of amides is 1. The standard InChI is InChI=1S/C14H16Br3N3O/c1-3-4-5-9(2)19-20-13(21)8-18-14-11(16)6-10(15)7-12(14)17/h3,6-7,18H,1,4-5,8H2,2H3,(H,20,21). The average Bonchev–Trinajstić information content (AvgIpc) is 2.41. The molecule has 0 spiro atoms. The van der Waals surface area contributed by atoms with Crippen LogP contribution in [0.5, 0.6) is 0 Å². The highest BCUT2D eigenvalue weighted by Gasteiger charge is 2.08. The van der Waals surface area contributed by atoms with Crippen LogP contribution >= 0.6 is 47.8 Å². The molecule has 1 rings (SSSR count). The fraction of sp³-hybridized carbons (Fsp3) is 0.286. The van der Waals surface area contributed by atoms with Crippen molar-refractivity contribution in [2.24, 2.45) is 5.10 Å². The summed E-state index contributed by atoms with van der Waals surface area (Å²) in [7, 11) is 0. The molecule has 1 aromatic rings. The summed E-state index contributed by atoms with van der Waals surface area (Å²) in [5.41, 5.74) is 4.21. The molecule has 0 aromatic heterocycles. The minimum Gasteiger partial charge on any atom is -0.374 e. The highest BCUT2D eigenvalue weighted by Crippen LogP contribution is 2.34. The minimum absolute atomic E-state index is 0.136. The predicted octanol–water partition coefficient (Wildman–Crippen LogP) is 4.84. The summed E-state index contributed by atoms with van der Waals surface area (Å²) < 4.78 is 2.67. The number of hydrogen-bond acceptors (Lipinski definition) is 3. The van der Waals surface area contributed by atoms with Crippen molar-refractivity contribution < 1.29 is 4.79 Å². The first kappa shape index (κ1) is 18.4. The van der Waals surface area contributed by atoms with Crippen LogP contribution in [-0.2, 0) is 4.79 Å². The van der Waals surface area contributed by atoms with Crippen LogP contribution in [0.2, 0.25) is 0 Å². The van der Waals surface area contributed by atoms with Gasteiger partial charge in [-0.1, -0.05) is 22.0 Å². The number of carbonyl (C=O) groups excluding carboxylic acids is 1. The van der Waals surface area contributed by atoms with E-state index in [2.05, 4.69) is 70.2 Å². The van der Waals surface area contributed by atoms with Crippen molar-refractivity contribution in [2.75, 3.05) is 11.9 Å². The second-order valence-electron chi connectivity index (χ2n) is 4.31. The molecular formula is C14H16Br3N3O. The van der Waals surface area contributed by atoms with E-state index in [0.29, 0.717) is 0 Å². The maximum atomic E-state index is 11.7. The van der Waals surface area contributed by atoms with Gasteiger partial charge in [-0.05, 0) is 63.8 Å². The fourth-order valence-corrected chi connectivity index (χ4v) is 3.98. The van der Waals surface area contributed by atoms with E-state index in [1.165, 1.54) is 0 Å². The summed E-state index contributed by atoms with van der Waals surface area (Å²) in [6.07, 6.45) is 3.47. The Morgan fingerprint density at radius 1 is 1.33 bits per heavy atom. The van der Waals surface area contributed by atoms with E-state index in [-0.39, 0.29) is 12.5 Å². The number of benzene rings is 1. The van der Waals surface area contributed by atoms with Gasteiger partial charge in [-0.2, -0.15) is 5.10 Å². The van der Waals surface area contributed by atoms with Crippen molar-refractivity contribution in [1.82, 2.24) is 5.43 Å². The number of anilines is 1. The molecule has 0 saturated carbocycles. The summed E-state index contributed by atoms with van der Waals surface area (Å²) in [5.74, 6) is -0.199. The number of nitrogens with one attached hydrogen (secondary N) is 2. The van der Waals surface area contributed by atoms with Gasteiger partial charge in [0.2, 0.25) is 0 Å². The van der Waals surface area contributed by atoms with Crippen LogP contribution in [0.4, 0.5) is 5.69 Å². The Hall–Kier alpha value is -0.660. The van der Waals surface area contributed by atoms with E-state index < -0.39 is 0 Å². The summed E-state index contributed by atoms with van der Waals surface area (Å²) in [6, 6.07) is 3.81. The van der Waals surface area contributed by atoms with Crippen LogP contribution in [0.25, 0.3) is 0 Å². The third-order valence-corrected chi connectivity index (χ3v) is 4.22. The maximum absolute atomic E-state index is 11.7. The second-order valence-corrected chi connectivity index (χ2v) is 6.93. The molecule has 0 aliphatic heterocycles. The Labute approximate surface area is 149 Å². The van der Waals surface area contributed by atoms with Gasteiger partial charge in [-0.15, -0.1) is 6.58 Å². The van der Waals surface area contributed by atoms with Gasteiger partial charge in [0, 0.05) is 19.1 Å². The van der Waals surface area contributed by atoms with Crippen molar-refractivity contribution in [3.05, 3.63) is 38.2 Å². The van der Waals surface area contributed by atoms with E-state index in [0.717, 1.165) is 37.7 Å². The zero-order valence-corrected chi connectivity index (χ0v) is 16.3. The fourth-order valence-electron chi connectivity index (χ4n) is 1.44. The molecule has 1 aromatic carbocycles. The number of nitrogens with zero attached hydrogens (tertiary/aromatic N) is 1. The molecule has 2 N–H and O–H groups in total. The lowest BCUT2D eigenvalue weighted by atomic mass is 10.2. The van der Waals surface area contributed by atoms with Gasteiger partial charge in [-0.25, -0.2) is 5.43 Å². The molecule has 0 radical (unpaired) electrons.